The van der Waals surface area contributed by atoms with Gasteiger partial charge >= 0.3 is 0 Å². The van der Waals surface area contributed by atoms with E-state index in [1.54, 1.807) is 7.11 Å². The predicted octanol–water partition coefficient (Wildman–Crippen LogP) is 0.522. The number of rotatable bonds is 3. The third-order valence-corrected chi connectivity index (χ3v) is 5.62. The highest BCUT2D eigenvalue weighted by molar-refractivity contribution is 5.68. The van der Waals surface area contributed by atoms with Crippen LogP contribution in [0.15, 0.2) is 12.1 Å². The second-order valence-corrected chi connectivity index (χ2v) is 8.00. The first-order valence-electron chi connectivity index (χ1n) is 8.68. The highest BCUT2D eigenvalue weighted by Crippen LogP contribution is 2.42. The molecule has 0 bridgehead atoms. The zero-order valence-corrected chi connectivity index (χ0v) is 14.9. The Morgan fingerprint density at radius 3 is 2.50 bits per heavy atom. The lowest BCUT2D eigenvalue weighted by Crippen LogP contribution is -2.76. The van der Waals surface area contributed by atoms with Crippen LogP contribution in [0, 0.1) is 5.41 Å². The Labute approximate surface area is 143 Å². The molecule has 3 aliphatic heterocycles. The number of piperidine rings is 1. The van der Waals surface area contributed by atoms with E-state index < -0.39 is 0 Å². The summed E-state index contributed by atoms with van der Waals surface area (Å²) in [5.41, 5.74) is 6.06. The number of nitrogens with two attached hydrogens (primary N) is 1. The molecule has 0 aliphatic carbocycles. The van der Waals surface area contributed by atoms with Crippen LogP contribution in [0.5, 0.6) is 5.75 Å². The van der Waals surface area contributed by atoms with Crippen LogP contribution in [0.2, 0.25) is 0 Å². The summed E-state index contributed by atoms with van der Waals surface area (Å²) in [5.74, 6) is 1.05. The summed E-state index contributed by atoms with van der Waals surface area (Å²) in [4.78, 5) is 7.85. The van der Waals surface area contributed by atoms with Crippen molar-refractivity contribution >= 4 is 11.4 Å². The van der Waals surface area contributed by atoms with Crippen molar-refractivity contribution < 1.29 is 20.5 Å². The summed E-state index contributed by atoms with van der Waals surface area (Å²) >= 11 is 0. The summed E-state index contributed by atoms with van der Waals surface area (Å²) in [6.07, 6.45) is 3.51. The van der Waals surface area contributed by atoms with Gasteiger partial charge in [0.15, 0.2) is 5.69 Å². The zero-order valence-electron chi connectivity index (χ0n) is 14.9. The summed E-state index contributed by atoms with van der Waals surface area (Å²) in [5, 5.41) is 3.44. The van der Waals surface area contributed by atoms with Crippen molar-refractivity contribution in [2.24, 2.45) is 5.41 Å². The molecule has 0 saturated carbocycles. The monoisotopic (exact) mass is 336 g/mol. The first-order valence-corrected chi connectivity index (χ1v) is 8.68. The van der Waals surface area contributed by atoms with E-state index >= 15 is 0 Å². The molecule has 0 unspecified atom stereocenters. The lowest BCUT2D eigenvalue weighted by atomic mass is 9.73. The molecule has 0 amide bonds. The molecule has 1 aromatic rings. The molecule has 6 heteroatoms. The number of ether oxygens (including phenoxy) is 1. The van der Waals surface area contributed by atoms with Gasteiger partial charge in [0.1, 0.15) is 17.0 Å². The molecule has 0 radical (unpaired) electrons. The minimum Gasteiger partial charge on any atom is -0.487 e. The zero-order chi connectivity index (χ0) is 16.1. The highest BCUT2D eigenvalue weighted by Gasteiger charge is 2.40. The van der Waals surface area contributed by atoms with Crippen LogP contribution in [0.4, 0.5) is 11.4 Å². The Morgan fingerprint density at radius 2 is 1.92 bits per heavy atom. The van der Waals surface area contributed by atoms with Crippen LogP contribution in [0.25, 0.3) is 0 Å². The maximum absolute atomic E-state index is 6.14. The van der Waals surface area contributed by atoms with Gasteiger partial charge in [0.05, 0.1) is 7.11 Å². The fourth-order valence-electron chi connectivity index (χ4n) is 4.21. The van der Waals surface area contributed by atoms with E-state index in [-0.39, 0.29) is 11.1 Å². The molecule has 1 aromatic carbocycles. The van der Waals surface area contributed by atoms with E-state index in [0.717, 1.165) is 25.3 Å². The largest absolute Gasteiger partial charge is 0.487 e. The number of fused-ring (bicyclic) bond motifs is 1. The standard InChI is InChI=1S/C18H27N3O2.H2O/c1-17(2)10-13-8-14(20-22-3)15(9-16(13)23-17)21-6-4-18(5-7-21)11-19-12-18;/h8-9,19-20H,4-7,10-12H2,1-3H3;1H2/p+1. The minimum atomic E-state index is -0.102. The molecule has 0 atom stereocenters. The van der Waals surface area contributed by atoms with Gasteiger partial charge in [-0.15, -0.1) is 0 Å². The third kappa shape index (κ3) is 2.99. The first kappa shape index (κ1) is 17.5. The van der Waals surface area contributed by atoms with Crippen LogP contribution < -0.4 is 20.4 Å². The number of hydrogen-bond acceptors (Lipinski definition) is 4. The van der Waals surface area contributed by atoms with Crippen LogP contribution >= 0.6 is 0 Å². The number of hydrogen-bond donors (Lipinski definition) is 2. The molecule has 4 rings (SSSR count). The SMILES string of the molecule is CO[NH2+]c1cc2c(cc1N1CCC3(CC1)CNC3)OC(C)(C)C2.O. The molecule has 24 heavy (non-hydrogen) atoms. The van der Waals surface area contributed by atoms with Crippen molar-refractivity contribution in [1.82, 2.24) is 5.32 Å². The second kappa shape index (κ2) is 6.19. The van der Waals surface area contributed by atoms with Gasteiger partial charge in [-0.2, -0.15) is 5.48 Å². The van der Waals surface area contributed by atoms with Crippen molar-refractivity contribution in [3.05, 3.63) is 17.7 Å². The smallest absolute Gasteiger partial charge is 0.186 e. The minimum absolute atomic E-state index is 0. The molecule has 3 heterocycles. The van der Waals surface area contributed by atoms with Crippen LogP contribution in [0.1, 0.15) is 32.3 Å². The number of benzene rings is 1. The number of nitrogens with one attached hydrogen (secondary N) is 1. The average Bonchev–Trinajstić information content (AvgIpc) is 2.78. The van der Waals surface area contributed by atoms with E-state index in [4.69, 9.17) is 9.57 Å². The normalized spacial score (nSPS) is 23.2. The number of quaternary nitrogens is 1. The second-order valence-electron chi connectivity index (χ2n) is 8.00. The highest BCUT2D eigenvalue weighted by atomic mass is 16.6. The van der Waals surface area contributed by atoms with Gasteiger partial charge in [0.25, 0.3) is 0 Å². The maximum Gasteiger partial charge on any atom is 0.186 e. The number of anilines is 1. The van der Waals surface area contributed by atoms with Crippen LogP contribution in [-0.4, -0.2) is 44.4 Å². The van der Waals surface area contributed by atoms with Gasteiger partial charge in [-0.25, -0.2) is 4.84 Å². The molecular weight excluding hydrogens is 306 g/mol. The van der Waals surface area contributed by atoms with Crippen molar-refractivity contribution in [1.29, 1.82) is 0 Å². The topological polar surface area (TPSA) is 81.8 Å². The van der Waals surface area contributed by atoms with E-state index in [9.17, 15) is 0 Å². The molecule has 2 fully saturated rings. The molecule has 134 valence electrons. The third-order valence-electron chi connectivity index (χ3n) is 5.62. The van der Waals surface area contributed by atoms with Gasteiger partial charge in [-0.3, -0.25) is 0 Å². The van der Waals surface area contributed by atoms with Crippen molar-refractivity contribution in [3.8, 4) is 5.75 Å². The van der Waals surface area contributed by atoms with Gasteiger partial charge < -0.3 is 20.4 Å². The predicted molar refractivity (Wildman–Crippen MR) is 93.8 cm³/mol. The Balaban J connectivity index is 0.00000169. The van der Waals surface area contributed by atoms with Crippen LogP contribution in [-0.2, 0) is 11.3 Å². The van der Waals surface area contributed by atoms with E-state index in [1.807, 2.05) is 5.48 Å². The van der Waals surface area contributed by atoms with Gasteiger partial charge in [-0.1, -0.05) is 0 Å². The van der Waals surface area contributed by atoms with Gasteiger partial charge in [-0.05, 0) is 32.1 Å². The van der Waals surface area contributed by atoms with Crippen molar-refractivity contribution in [2.75, 3.05) is 38.2 Å². The molecule has 0 aromatic heterocycles. The van der Waals surface area contributed by atoms with Gasteiger partial charge in [0.2, 0.25) is 0 Å². The fourth-order valence-corrected chi connectivity index (χ4v) is 4.21. The molecule has 2 saturated heterocycles. The Morgan fingerprint density at radius 1 is 1.21 bits per heavy atom. The lowest BCUT2D eigenvalue weighted by molar-refractivity contribution is -0.829. The van der Waals surface area contributed by atoms with E-state index in [0.29, 0.717) is 5.41 Å². The number of nitrogens with zero attached hydrogens (tertiary/aromatic N) is 1. The molecule has 3 aliphatic rings. The molecule has 5 N–H and O–H groups in total. The quantitative estimate of drug-likeness (QED) is 0.623. The summed E-state index contributed by atoms with van der Waals surface area (Å²) in [6, 6.07) is 4.48. The Hall–Kier alpha value is -1.34. The Bertz CT molecular complexity index is 604. The lowest BCUT2D eigenvalue weighted by Gasteiger charge is -2.48. The summed E-state index contributed by atoms with van der Waals surface area (Å²) < 4.78 is 6.14. The van der Waals surface area contributed by atoms with E-state index in [2.05, 4.69) is 36.2 Å². The van der Waals surface area contributed by atoms with Gasteiger partial charge in [0, 0.05) is 50.3 Å². The summed E-state index contributed by atoms with van der Waals surface area (Å²) in [7, 11) is 1.72. The molecular formula is C18H30N3O3+. The average molecular weight is 336 g/mol. The maximum atomic E-state index is 6.14. The fraction of sp³-hybridized carbons (Fsp3) is 0.667. The first-order chi connectivity index (χ1) is 11.0. The molecule has 6 nitrogen and oxygen atoms in total. The van der Waals surface area contributed by atoms with Crippen LogP contribution in [0.3, 0.4) is 0 Å². The molecule has 1 spiro atoms. The summed E-state index contributed by atoms with van der Waals surface area (Å²) in [6.45, 7) is 8.93. The van der Waals surface area contributed by atoms with E-state index in [1.165, 1.54) is 42.9 Å². The van der Waals surface area contributed by atoms with Crippen molar-refractivity contribution in [2.45, 2.75) is 38.7 Å². The Kier molecular flexibility index (Phi) is 4.51. The van der Waals surface area contributed by atoms with Crippen molar-refractivity contribution in [3.63, 3.8) is 0 Å².